The summed E-state index contributed by atoms with van der Waals surface area (Å²) in [4.78, 5) is 0. The van der Waals surface area contributed by atoms with Gasteiger partial charge in [0.15, 0.2) is 0 Å². The predicted octanol–water partition coefficient (Wildman–Crippen LogP) is 1.25. The summed E-state index contributed by atoms with van der Waals surface area (Å²) in [6.45, 7) is 3.13. The molecule has 0 aliphatic carbocycles. The van der Waals surface area contributed by atoms with Crippen molar-refractivity contribution in [2.24, 2.45) is 0 Å². The summed E-state index contributed by atoms with van der Waals surface area (Å²) in [5, 5.41) is 0. The van der Waals surface area contributed by atoms with Gasteiger partial charge < -0.3 is 5.48 Å². The van der Waals surface area contributed by atoms with Crippen LogP contribution in [0, 0.1) is 0 Å². The molecule has 0 heterocycles. The smallest absolute Gasteiger partial charge is 2.00 e. The summed E-state index contributed by atoms with van der Waals surface area (Å²) in [6, 6.07) is 0. The minimum atomic E-state index is 0. The molecule has 0 aromatic rings. The molecule has 5 heavy (non-hydrogen) atoms. The molecule has 0 saturated heterocycles. The summed E-state index contributed by atoms with van der Waals surface area (Å²) in [6.07, 6.45) is 0. The molecule has 0 unspecified atom stereocenters. The first kappa shape index (κ1) is 17.8. The van der Waals surface area contributed by atoms with Crippen molar-refractivity contribution >= 4 is 11.6 Å². The first-order valence-electron chi connectivity index (χ1n) is 0.626. The second-order valence-corrected chi connectivity index (χ2v) is 0.463. The predicted molar refractivity (Wildman–Crippen MR) is 16.7 cm³/mol. The van der Waals surface area contributed by atoms with Gasteiger partial charge in [0.25, 0.3) is 0 Å². The molecule has 0 N–H and O–H groups in total. The minimum Gasteiger partial charge on any atom is -2.00 e. The van der Waals surface area contributed by atoms with Crippen molar-refractivity contribution in [2.75, 3.05) is 0 Å². The van der Waals surface area contributed by atoms with E-state index in [9.17, 15) is 0 Å². The third kappa shape index (κ3) is 109. The normalized spacial score (nSPS) is 2.60. The van der Waals surface area contributed by atoms with Crippen molar-refractivity contribution in [3.63, 3.8) is 0 Å². The van der Waals surface area contributed by atoms with E-state index in [-0.39, 0.29) is 22.5 Å². The van der Waals surface area contributed by atoms with Crippen LogP contribution in [0.1, 0.15) is 0 Å². The van der Waals surface area contributed by atoms with Crippen molar-refractivity contribution in [3.05, 3.63) is 12.1 Å². The van der Waals surface area contributed by atoms with E-state index in [1.54, 1.807) is 0 Å². The van der Waals surface area contributed by atoms with E-state index in [1.165, 1.54) is 5.54 Å². The van der Waals surface area contributed by atoms with E-state index >= 15 is 0 Å². The van der Waals surface area contributed by atoms with Crippen molar-refractivity contribution in [3.8, 4) is 0 Å². The summed E-state index contributed by atoms with van der Waals surface area (Å²) in [7, 11) is 0. The molecule has 0 aliphatic rings. The van der Waals surface area contributed by atoms with Gasteiger partial charge in [-0.2, -0.15) is 0 Å². The molecule has 1 nitrogen and oxygen atoms in total. The van der Waals surface area contributed by atoms with Gasteiger partial charge in [0.1, 0.15) is 0 Å². The first-order chi connectivity index (χ1) is 1.41. The second-order valence-electron chi connectivity index (χ2n) is 0.154. The van der Waals surface area contributed by atoms with Gasteiger partial charge in [0, 0.05) is 0 Å². The average Bonchev–Trinajstić information content (AvgIpc) is 0.918. The standard InChI is InChI=1S/C2H3Cl.Cu.O/c1-2-3;;/h2H,1H2;;/q;+2;-2. The van der Waals surface area contributed by atoms with Crippen LogP contribution >= 0.6 is 11.6 Å². The molecule has 0 saturated carbocycles. The maximum absolute atomic E-state index is 4.76. The van der Waals surface area contributed by atoms with Crippen molar-refractivity contribution in [1.29, 1.82) is 0 Å². The summed E-state index contributed by atoms with van der Waals surface area (Å²) < 4.78 is 0. The van der Waals surface area contributed by atoms with Crippen molar-refractivity contribution < 1.29 is 22.5 Å². The van der Waals surface area contributed by atoms with E-state index in [1.807, 2.05) is 0 Å². The number of halogens is 1. The number of rotatable bonds is 0. The summed E-state index contributed by atoms with van der Waals surface area (Å²) >= 11 is 4.76. The summed E-state index contributed by atoms with van der Waals surface area (Å²) in [5.41, 5.74) is 1.22. The zero-order chi connectivity index (χ0) is 2.71. The van der Waals surface area contributed by atoms with Gasteiger partial charge in [0.05, 0.1) is 0 Å². The molecule has 3 heteroatoms. The fourth-order valence-corrected chi connectivity index (χ4v) is 0. The Morgan fingerprint density at radius 3 is 1.60 bits per heavy atom. The molecule has 0 atom stereocenters. The zero-order valence-corrected chi connectivity index (χ0v) is 4.07. The Morgan fingerprint density at radius 2 is 1.60 bits per heavy atom. The fraction of sp³-hybridized carbons (Fsp3) is 0. The van der Waals surface area contributed by atoms with Crippen LogP contribution in [0.25, 0.3) is 0 Å². The minimum absolute atomic E-state index is 0. The number of hydrogen-bond acceptors (Lipinski definition) is 0. The third-order valence-corrected chi connectivity index (χ3v) is 0. The molecule has 35 valence electrons. The SMILES string of the molecule is C=CCl.[Cu+2].[O-2]. The molecule has 0 spiro atoms. The van der Waals surface area contributed by atoms with Crippen molar-refractivity contribution in [2.45, 2.75) is 0 Å². The molecule has 0 rings (SSSR count). The largest absolute Gasteiger partial charge is 2.00 e. The maximum atomic E-state index is 4.76. The Labute approximate surface area is 46.8 Å². The van der Waals surface area contributed by atoms with Gasteiger partial charge in [-0.15, -0.1) is 0 Å². The van der Waals surface area contributed by atoms with E-state index in [0.717, 1.165) is 0 Å². The van der Waals surface area contributed by atoms with Gasteiger partial charge in [0.2, 0.25) is 0 Å². The van der Waals surface area contributed by atoms with Gasteiger partial charge in [-0.25, -0.2) is 0 Å². The van der Waals surface area contributed by atoms with Crippen LogP contribution in [0.5, 0.6) is 0 Å². The molecule has 0 aromatic heterocycles. The Bertz CT molecular complexity index is 17.1. The second kappa shape index (κ2) is 24.4. The van der Waals surface area contributed by atoms with Crippen LogP contribution in [0.4, 0.5) is 0 Å². The third-order valence-electron chi connectivity index (χ3n) is 0. The van der Waals surface area contributed by atoms with Gasteiger partial charge >= 0.3 is 17.1 Å². The maximum Gasteiger partial charge on any atom is 2.00 e. The fourth-order valence-electron chi connectivity index (χ4n) is 0. The van der Waals surface area contributed by atoms with Crippen LogP contribution in [-0.4, -0.2) is 0 Å². The molecule has 0 amide bonds. The van der Waals surface area contributed by atoms with Crippen LogP contribution in [-0.2, 0) is 22.5 Å². The molecule has 0 aliphatic heterocycles. The van der Waals surface area contributed by atoms with Crippen LogP contribution in [0.3, 0.4) is 0 Å². The molecular formula is C2H3ClCuO. The monoisotopic (exact) mass is 141 g/mol. The molecule has 0 aromatic carbocycles. The van der Waals surface area contributed by atoms with E-state index in [0.29, 0.717) is 0 Å². The van der Waals surface area contributed by atoms with E-state index < -0.39 is 0 Å². The van der Waals surface area contributed by atoms with Crippen molar-refractivity contribution in [1.82, 2.24) is 0 Å². The Hall–Kier alpha value is 0.509. The van der Waals surface area contributed by atoms with Crippen LogP contribution in [0.15, 0.2) is 12.1 Å². The Morgan fingerprint density at radius 1 is 1.60 bits per heavy atom. The van der Waals surface area contributed by atoms with E-state index in [4.69, 9.17) is 11.6 Å². The summed E-state index contributed by atoms with van der Waals surface area (Å²) in [5.74, 6) is 0. The topological polar surface area (TPSA) is 28.5 Å². The Kier molecular flexibility index (Phi) is 86.7. The molecule has 0 bridgehead atoms. The van der Waals surface area contributed by atoms with E-state index in [2.05, 4.69) is 6.58 Å². The molecular weight excluding hydrogens is 139 g/mol. The zero-order valence-electron chi connectivity index (χ0n) is 2.37. The van der Waals surface area contributed by atoms with Gasteiger partial charge in [-0.1, -0.05) is 18.2 Å². The molecule has 0 fully saturated rings. The first-order valence-corrected chi connectivity index (χ1v) is 1.06. The van der Waals surface area contributed by atoms with Crippen LogP contribution < -0.4 is 0 Å². The van der Waals surface area contributed by atoms with Gasteiger partial charge in [-0.3, -0.25) is 0 Å². The van der Waals surface area contributed by atoms with Crippen LogP contribution in [0.2, 0.25) is 0 Å². The Balaban J connectivity index is -0.0000000200. The quantitative estimate of drug-likeness (QED) is 0.455. The number of hydrogen-bond donors (Lipinski definition) is 0. The van der Waals surface area contributed by atoms with Gasteiger partial charge in [-0.05, 0) is 5.54 Å². The average molecular weight is 142 g/mol. The molecule has 1 radical (unpaired) electrons.